The highest BCUT2D eigenvalue weighted by atomic mass is 35.5. The average molecular weight is 281 g/mol. The fraction of sp³-hybridized carbons (Fsp3) is 0.429. The van der Waals surface area contributed by atoms with E-state index in [-0.39, 0.29) is 18.5 Å². The molecule has 5 heteroatoms. The number of nitrogens with one attached hydrogen (secondary N) is 1. The van der Waals surface area contributed by atoms with Crippen molar-refractivity contribution in [2.75, 3.05) is 0 Å². The van der Waals surface area contributed by atoms with Gasteiger partial charge in [-0.05, 0) is 24.0 Å². The number of halogens is 1. The third-order valence-corrected chi connectivity index (χ3v) is 3.47. The summed E-state index contributed by atoms with van der Waals surface area (Å²) in [6.07, 6.45) is 0.656. The van der Waals surface area contributed by atoms with E-state index in [1.807, 2.05) is 32.0 Å². The van der Waals surface area contributed by atoms with Crippen LogP contribution in [0.2, 0.25) is 5.02 Å². The van der Waals surface area contributed by atoms with Crippen LogP contribution in [-0.4, -0.2) is 22.9 Å². The summed E-state index contributed by atoms with van der Waals surface area (Å²) in [6, 6.07) is 6.48. The normalized spacial score (nSPS) is 19.2. The van der Waals surface area contributed by atoms with E-state index in [4.69, 9.17) is 11.6 Å². The van der Waals surface area contributed by atoms with E-state index in [0.29, 0.717) is 17.4 Å². The molecule has 0 spiro atoms. The Morgan fingerprint density at radius 3 is 2.63 bits per heavy atom. The molecule has 1 aliphatic rings. The van der Waals surface area contributed by atoms with Crippen LogP contribution in [0, 0.1) is 5.92 Å². The summed E-state index contributed by atoms with van der Waals surface area (Å²) < 4.78 is 0. The molecule has 0 unspecified atom stereocenters. The quantitative estimate of drug-likeness (QED) is 0.862. The maximum atomic E-state index is 12.2. The average Bonchev–Trinajstić information content (AvgIpc) is 2.59. The maximum absolute atomic E-state index is 12.2. The monoisotopic (exact) mass is 280 g/mol. The summed E-state index contributed by atoms with van der Waals surface area (Å²) >= 11 is 6.05. The largest absolute Gasteiger partial charge is 0.326 e. The predicted octanol–water partition coefficient (Wildman–Crippen LogP) is 2.81. The molecule has 0 saturated carbocycles. The molecule has 4 nitrogen and oxygen atoms in total. The Kier molecular flexibility index (Phi) is 4.10. The van der Waals surface area contributed by atoms with Crippen LogP contribution in [0.25, 0.3) is 0 Å². The van der Waals surface area contributed by atoms with Gasteiger partial charge in [0.1, 0.15) is 6.04 Å². The summed E-state index contributed by atoms with van der Waals surface area (Å²) in [6.45, 7) is 4.27. The molecule has 19 heavy (non-hydrogen) atoms. The van der Waals surface area contributed by atoms with Crippen molar-refractivity contribution >= 4 is 23.5 Å². The van der Waals surface area contributed by atoms with Gasteiger partial charge in [0.25, 0.3) is 5.91 Å². The van der Waals surface area contributed by atoms with E-state index in [0.717, 1.165) is 5.56 Å². The highest BCUT2D eigenvalue weighted by Gasteiger charge is 2.38. The Morgan fingerprint density at radius 1 is 1.32 bits per heavy atom. The molecule has 1 N–H and O–H groups in total. The lowest BCUT2D eigenvalue weighted by Crippen LogP contribution is -2.31. The van der Waals surface area contributed by atoms with E-state index in [9.17, 15) is 9.59 Å². The Hall–Kier alpha value is -1.55. The zero-order chi connectivity index (χ0) is 14.0. The van der Waals surface area contributed by atoms with Crippen LogP contribution in [0.15, 0.2) is 24.3 Å². The molecular weight excluding hydrogens is 264 g/mol. The first-order valence-electron chi connectivity index (χ1n) is 6.34. The van der Waals surface area contributed by atoms with Gasteiger partial charge in [0, 0.05) is 5.02 Å². The van der Waals surface area contributed by atoms with Crippen molar-refractivity contribution in [1.29, 1.82) is 0 Å². The Bertz CT molecular complexity index is 502. The third kappa shape index (κ3) is 3.07. The highest BCUT2D eigenvalue weighted by Crippen LogP contribution is 2.21. The van der Waals surface area contributed by atoms with Crippen molar-refractivity contribution in [3.05, 3.63) is 34.9 Å². The summed E-state index contributed by atoms with van der Waals surface area (Å²) in [5, 5.41) is 3.28. The zero-order valence-corrected chi connectivity index (χ0v) is 11.8. The molecule has 0 radical (unpaired) electrons. The summed E-state index contributed by atoms with van der Waals surface area (Å²) in [5.41, 5.74) is 0.776. The molecule has 1 aromatic rings. The SMILES string of the molecule is CC(C)C[C@H]1NC(=O)N(Cc2ccccc2Cl)C1=O. The van der Waals surface area contributed by atoms with Crippen LogP contribution in [-0.2, 0) is 11.3 Å². The fourth-order valence-corrected chi connectivity index (χ4v) is 2.35. The van der Waals surface area contributed by atoms with Crippen molar-refractivity contribution in [3.63, 3.8) is 0 Å². The van der Waals surface area contributed by atoms with Crippen LogP contribution in [0.3, 0.4) is 0 Å². The molecule has 0 aliphatic carbocycles. The van der Waals surface area contributed by atoms with Gasteiger partial charge in [-0.3, -0.25) is 9.69 Å². The molecule has 102 valence electrons. The van der Waals surface area contributed by atoms with Crippen LogP contribution in [0.1, 0.15) is 25.8 Å². The number of urea groups is 1. The van der Waals surface area contributed by atoms with Crippen molar-refractivity contribution in [2.24, 2.45) is 5.92 Å². The predicted molar refractivity (Wildman–Crippen MR) is 73.8 cm³/mol. The van der Waals surface area contributed by atoms with Gasteiger partial charge in [-0.25, -0.2) is 4.79 Å². The van der Waals surface area contributed by atoms with Crippen LogP contribution in [0.5, 0.6) is 0 Å². The van der Waals surface area contributed by atoms with Crippen LogP contribution < -0.4 is 5.32 Å². The van der Waals surface area contributed by atoms with Gasteiger partial charge in [0.05, 0.1) is 6.54 Å². The molecule has 0 bridgehead atoms. The number of hydrogen-bond donors (Lipinski definition) is 1. The van der Waals surface area contributed by atoms with E-state index in [1.165, 1.54) is 4.90 Å². The molecule has 3 amide bonds. The first-order valence-corrected chi connectivity index (χ1v) is 6.72. The van der Waals surface area contributed by atoms with Gasteiger partial charge in [0.2, 0.25) is 0 Å². The smallest absolute Gasteiger partial charge is 0.325 e. The minimum absolute atomic E-state index is 0.168. The lowest BCUT2D eigenvalue weighted by Gasteiger charge is -2.14. The number of hydrogen-bond acceptors (Lipinski definition) is 2. The minimum Gasteiger partial charge on any atom is -0.326 e. The molecule has 1 heterocycles. The van der Waals surface area contributed by atoms with E-state index >= 15 is 0 Å². The molecule has 1 aromatic carbocycles. The van der Waals surface area contributed by atoms with Crippen molar-refractivity contribution < 1.29 is 9.59 Å². The van der Waals surface area contributed by atoms with Gasteiger partial charge in [0.15, 0.2) is 0 Å². The second kappa shape index (κ2) is 5.61. The third-order valence-electron chi connectivity index (χ3n) is 3.10. The topological polar surface area (TPSA) is 49.4 Å². The Balaban J connectivity index is 2.11. The molecule has 1 fully saturated rings. The van der Waals surface area contributed by atoms with Crippen LogP contribution in [0.4, 0.5) is 4.79 Å². The second-order valence-corrected chi connectivity index (χ2v) is 5.55. The van der Waals surface area contributed by atoms with Gasteiger partial charge in [-0.2, -0.15) is 0 Å². The molecular formula is C14H17ClN2O2. The molecule has 2 rings (SSSR count). The van der Waals surface area contributed by atoms with Gasteiger partial charge < -0.3 is 5.32 Å². The minimum atomic E-state index is -0.407. The maximum Gasteiger partial charge on any atom is 0.325 e. The number of nitrogens with zero attached hydrogens (tertiary/aromatic N) is 1. The molecule has 0 aromatic heterocycles. The van der Waals surface area contributed by atoms with E-state index in [1.54, 1.807) is 6.07 Å². The van der Waals surface area contributed by atoms with E-state index in [2.05, 4.69) is 5.32 Å². The zero-order valence-electron chi connectivity index (χ0n) is 11.0. The van der Waals surface area contributed by atoms with Crippen LogP contribution >= 0.6 is 11.6 Å². The van der Waals surface area contributed by atoms with Gasteiger partial charge in [-0.1, -0.05) is 43.6 Å². The van der Waals surface area contributed by atoms with Gasteiger partial charge in [-0.15, -0.1) is 0 Å². The Morgan fingerprint density at radius 2 is 2.00 bits per heavy atom. The number of carbonyl (C=O) groups excluding carboxylic acids is 2. The number of imide groups is 1. The van der Waals surface area contributed by atoms with Gasteiger partial charge >= 0.3 is 6.03 Å². The molecule has 1 aliphatic heterocycles. The summed E-state index contributed by atoms with van der Waals surface area (Å²) in [4.78, 5) is 25.2. The number of amides is 3. The molecule has 1 atom stereocenters. The standard InChI is InChI=1S/C14H17ClN2O2/c1-9(2)7-12-13(18)17(14(19)16-12)8-10-5-3-4-6-11(10)15/h3-6,9,12H,7-8H2,1-2H3,(H,16,19)/t12-/m1/s1. The Labute approximate surface area is 117 Å². The highest BCUT2D eigenvalue weighted by molar-refractivity contribution is 6.31. The first-order chi connectivity index (χ1) is 8.99. The lowest BCUT2D eigenvalue weighted by atomic mass is 10.0. The lowest BCUT2D eigenvalue weighted by molar-refractivity contribution is -0.128. The summed E-state index contributed by atoms with van der Waals surface area (Å²) in [7, 11) is 0. The van der Waals surface area contributed by atoms with Crippen molar-refractivity contribution in [2.45, 2.75) is 32.9 Å². The van der Waals surface area contributed by atoms with Crippen molar-refractivity contribution in [3.8, 4) is 0 Å². The number of carbonyl (C=O) groups is 2. The molecule has 1 saturated heterocycles. The van der Waals surface area contributed by atoms with E-state index < -0.39 is 6.04 Å². The number of rotatable bonds is 4. The number of benzene rings is 1. The fourth-order valence-electron chi connectivity index (χ4n) is 2.15. The summed E-state index contributed by atoms with van der Waals surface area (Å²) in [5.74, 6) is 0.188. The van der Waals surface area contributed by atoms with Crippen molar-refractivity contribution in [1.82, 2.24) is 10.2 Å². The second-order valence-electron chi connectivity index (χ2n) is 5.15. The first kappa shape index (κ1) is 13.9.